The molecule has 8 heteroatoms. The van der Waals surface area contributed by atoms with E-state index in [1.54, 1.807) is 0 Å². The molecule has 2 unspecified atom stereocenters. The lowest BCUT2D eigenvalue weighted by Crippen LogP contribution is -2.42. The second-order valence-electron chi connectivity index (χ2n) is 5.82. The van der Waals surface area contributed by atoms with Crippen LogP contribution in [-0.4, -0.2) is 26.7 Å². The van der Waals surface area contributed by atoms with Crippen molar-refractivity contribution in [2.75, 3.05) is 5.32 Å². The number of hydrogen-bond acceptors (Lipinski definition) is 6. The van der Waals surface area contributed by atoms with E-state index in [2.05, 4.69) is 31.9 Å². The number of carbonyl (C=O) groups excluding carboxylic acids is 1. The summed E-state index contributed by atoms with van der Waals surface area (Å²) in [6.07, 6.45) is 3.13. The van der Waals surface area contributed by atoms with Crippen molar-refractivity contribution in [3.63, 3.8) is 0 Å². The molecule has 2 aliphatic heterocycles. The maximum atomic E-state index is 12.6. The Balaban J connectivity index is 1.51. The third-order valence-electron chi connectivity index (χ3n) is 4.32. The van der Waals surface area contributed by atoms with E-state index < -0.39 is 6.04 Å². The topological polar surface area (TPSA) is 95.9 Å². The van der Waals surface area contributed by atoms with Gasteiger partial charge in [-0.2, -0.15) is 5.53 Å². The van der Waals surface area contributed by atoms with Crippen molar-refractivity contribution >= 4 is 11.9 Å². The zero-order valence-corrected chi connectivity index (χ0v) is 12.6. The predicted molar refractivity (Wildman–Crippen MR) is 84.0 cm³/mol. The molecule has 1 amide bonds. The minimum Gasteiger partial charge on any atom is -0.297 e. The Hall–Kier alpha value is -2.29. The van der Waals surface area contributed by atoms with Crippen molar-refractivity contribution in [2.45, 2.75) is 37.9 Å². The number of anilines is 1. The fourth-order valence-electron chi connectivity index (χ4n) is 3.11. The van der Waals surface area contributed by atoms with Gasteiger partial charge in [0.05, 0.1) is 6.04 Å². The average molecular weight is 313 g/mol. The number of aromatic nitrogens is 3. The first-order valence-corrected chi connectivity index (χ1v) is 7.87. The third kappa shape index (κ3) is 2.72. The van der Waals surface area contributed by atoms with Crippen molar-refractivity contribution < 1.29 is 4.79 Å². The van der Waals surface area contributed by atoms with Gasteiger partial charge in [-0.3, -0.25) is 14.7 Å². The van der Waals surface area contributed by atoms with E-state index in [1.807, 2.05) is 34.9 Å². The molecule has 1 aromatic carbocycles. The van der Waals surface area contributed by atoms with Crippen LogP contribution in [0.4, 0.5) is 5.95 Å². The Morgan fingerprint density at radius 2 is 2.04 bits per heavy atom. The fraction of sp³-hybridized carbons (Fsp3) is 0.400. The zero-order chi connectivity index (χ0) is 15.6. The van der Waals surface area contributed by atoms with Gasteiger partial charge in [-0.25, -0.2) is 10.9 Å². The van der Waals surface area contributed by atoms with E-state index in [1.165, 1.54) is 0 Å². The Kier molecular flexibility index (Phi) is 3.78. The van der Waals surface area contributed by atoms with Crippen molar-refractivity contribution in [3.05, 3.63) is 41.7 Å². The molecule has 4 rings (SSSR count). The molecule has 1 saturated heterocycles. The molecule has 2 atom stereocenters. The summed E-state index contributed by atoms with van der Waals surface area (Å²) in [6.45, 7) is 0.856. The number of carbonyl (C=O) groups is 1. The molecule has 0 aliphatic carbocycles. The molecule has 0 saturated carbocycles. The van der Waals surface area contributed by atoms with Gasteiger partial charge >= 0.3 is 0 Å². The van der Waals surface area contributed by atoms with Crippen molar-refractivity contribution in [1.29, 1.82) is 0 Å². The predicted octanol–water partition coefficient (Wildman–Crippen LogP) is 0.275. The van der Waals surface area contributed by atoms with Gasteiger partial charge in [-0.05, 0) is 18.4 Å². The standard InChI is InChI=1S/C15H19N7O/c23-14(16-15-20-17-11-8-4-5-9-22(11)15)13-12(18-21-19-13)10-6-2-1-3-7-10/h1-3,6-7,12-13,18-19,21H,4-5,8-9H2,(H,16,20,23). The van der Waals surface area contributed by atoms with Gasteiger partial charge in [0.2, 0.25) is 11.9 Å². The first-order valence-electron chi connectivity index (χ1n) is 7.87. The number of rotatable bonds is 3. The largest absolute Gasteiger partial charge is 0.297 e. The Morgan fingerprint density at radius 3 is 2.91 bits per heavy atom. The average Bonchev–Trinajstić information content (AvgIpc) is 3.23. The van der Waals surface area contributed by atoms with Crippen LogP contribution in [0, 0.1) is 0 Å². The number of amides is 1. The molecule has 1 fully saturated rings. The summed E-state index contributed by atoms with van der Waals surface area (Å²) < 4.78 is 1.99. The van der Waals surface area contributed by atoms with Crippen LogP contribution >= 0.6 is 0 Å². The highest BCUT2D eigenvalue weighted by atomic mass is 16.2. The summed E-state index contributed by atoms with van der Waals surface area (Å²) in [5, 5.41) is 11.2. The minimum absolute atomic E-state index is 0.142. The van der Waals surface area contributed by atoms with Gasteiger partial charge in [0.1, 0.15) is 11.9 Å². The van der Waals surface area contributed by atoms with Crippen LogP contribution in [0.25, 0.3) is 0 Å². The third-order valence-corrected chi connectivity index (χ3v) is 4.32. The maximum Gasteiger partial charge on any atom is 0.247 e. The maximum absolute atomic E-state index is 12.6. The molecule has 0 spiro atoms. The second kappa shape index (κ2) is 6.07. The molecule has 8 nitrogen and oxygen atoms in total. The molecule has 2 aliphatic rings. The summed E-state index contributed by atoms with van der Waals surface area (Å²) >= 11 is 0. The van der Waals surface area contributed by atoms with E-state index in [4.69, 9.17) is 0 Å². The van der Waals surface area contributed by atoms with E-state index in [0.29, 0.717) is 5.95 Å². The molecule has 0 bridgehead atoms. The normalized spacial score (nSPS) is 23.5. The monoisotopic (exact) mass is 313 g/mol. The van der Waals surface area contributed by atoms with E-state index >= 15 is 0 Å². The summed E-state index contributed by atoms with van der Waals surface area (Å²) in [7, 11) is 0. The number of nitrogens with one attached hydrogen (secondary N) is 4. The lowest BCUT2D eigenvalue weighted by Gasteiger charge is -2.19. The van der Waals surface area contributed by atoms with Crippen LogP contribution in [0.5, 0.6) is 0 Å². The van der Waals surface area contributed by atoms with Crippen molar-refractivity contribution in [2.24, 2.45) is 0 Å². The Bertz CT molecular complexity index is 699. The van der Waals surface area contributed by atoms with Gasteiger partial charge in [0, 0.05) is 13.0 Å². The molecular formula is C15H19N7O. The minimum atomic E-state index is -0.436. The van der Waals surface area contributed by atoms with Gasteiger partial charge in [-0.15, -0.1) is 10.2 Å². The lowest BCUT2D eigenvalue weighted by atomic mass is 10.0. The van der Waals surface area contributed by atoms with Gasteiger partial charge in [-0.1, -0.05) is 30.3 Å². The van der Waals surface area contributed by atoms with Crippen molar-refractivity contribution in [1.82, 2.24) is 31.2 Å². The van der Waals surface area contributed by atoms with Crippen LogP contribution < -0.4 is 21.7 Å². The van der Waals surface area contributed by atoms with Crippen LogP contribution in [0.2, 0.25) is 0 Å². The summed E-state index contributed by atoms with van der Waals surface area (Å²) in [4.78, 5) is 12.6. The van der Waals surface area contributed by atoms with Crippen molar-refractivity contribution in [3.8, 4) is 0 Å². The molecule has 0 radical (unpaired) electrons. The summed E-state index contributed by atoms with van der Waals surface area (Å²) in [5.74, 6) is 1.34. The van der Waals surface area contributed by atoms with E-state index in [0.717, 1.165) is 37.2 Å². The van der Waals surface area contributed by atoms with Crippen LogP contribution in [0.1, 0.15) is 30.3 Å². The lowest BCUT2D eigenvalue weighted by molar-refractivity contribution is -0.118. The number of aryl methyl sites for hydroxylation is 1. The number of nitrogens with zero attached hydrogens (tertiary/aromatic N) is 3. The van der Waals surface area contributed by atoms with Crippen LogP contribution in [-0.2, 0) is 17.8 Å². The van der Waals surface area contributed by atoms with E-state index in [-0.39, 0.29) is 11.9 Å². The Morgan fingerprint density at radius 1 is 1.17 bits per heavy atom. The quantitative estimate of drug-likeness (QED) is 0.650. The molecule has 2 aromatic rings. The molecular weight excluding hydrogens is 294 g/mol. The number of benzene rings is 1. The second-order valence-corrected chi connectivity index (χ2v) is 5.82. The van der Waals surface area contributed by atoms with Crippen LogP contribution in [0.15, 0.2) is 30.3 Å². The summed E-state index contributed by atoms with van der Waals surface area (Å²) in [6, 6.07) is 9.26. The first kappa shape index (κ1) is 14.3. The molecule has 4 N–H and O–H groups in total. The highest BCUT2D eigenvalue weighted by Gasteiger charge is 2.34. The number of hydrogen-bond donors (Lipinski definition) is 4. The SMILES string of the molecule is O=C(Nc1nnc2n1CCCC2)C1NNNC1c1ccccc1. The van der Waals surface area contributed by atoms with Crippen LogP contribution in [0.3, 0.4) is 0 Å². The number of fused-ring (bicyclic) bond motifs is 1. The smallest absolute Gasteiger partial charge is 0.247 e. The summed E-state index contributed by atoms with van der Waals surface area (Å²) in [5.41, 5.74) is 9.92. The van der Waals surface area contributed by atoms with E-state index in [9.17, 15) is 4.79 Å². The number of hydrazine groups is 2. The highest BCUT2D eigenvalue weighted by Crippen LogP contribution is 2.21. The molecule has 3 heterocycles. The van der Waals surface area contributed by atoms with Gasteiger partial charge in [0.25, 0.3) is 0 Å². The molecule has 1 aromatic heterocycles. The van der Waals surface area contributed by atoms with Gasteiger partial charge < -0.3 is 0 Å². The zero-order valence-electron chi connectivity index (χ0n) is 12.6. The molecule has 120 valence electrons. The fourth-order valence-corrected chi connectivity index (χ4v) is 3.11. The molecule has 23 heavy (non-hydrogen) atoms. The van der Waals surface area contributed by atoms with Gasteiger partial charge in [0.15, 0.2) is 0 Å². The highest BCUT2D eigenvalue weighted by molar-refractivity contribution is 5.94. The first-order chi connectivity index (χ1) is 11.3. The Labute approximate surface area is 133 Å².